The van der Waals surface area contributed by atoms with Crippen molar-refractivity contribution >= 4 is 23.1 Å². The molecule has 0 radical (unpaired) electrons. The molecule has 2 fully saturated rings. The number of nitrogens with one attached hydrogen (secondary N) is 1. The van der Waals surface area contributed by atoms with Crippen LogP contribution in [0.5, 0.6) is 0 Å². The fraction of sp³-hybridized carbons (Fsp3) is 0.520. The van der Waals surface area contributed by atoms with Crippen LogP contribution in [-0.2, 0) is 30.3 Å². The van der Waals surface area contributed by atoms with Gasteiger partial charge < -0.3 is 29.2 Å². The van der Waals surface area contributed by atoms with Crippen LogP contribution in [-0.4, -0.2) is 55.6 Å². The zero-order valence-corrected chi connectivity index (χ0v) is 19.8. The minimum absolute atomic E-state index is 0.0534. The first-order valence-corrected chi connectivity index (χ1v) is 11.9. The Balaban J connectivity index is 1.48. The summed E-state index contributed by atoms with van der Waals surface area (Å²) in [6, 6.07) is 4.24. The standard InChI is InChI=1S/C25H29F2N3O5/c1-14(2)35-17-3-4-22(34-12-17)25(31)30-11-15-7-16(26)10-28-24(15)29-20-9-19(27)18(8-21(20)30)23-13-32-5-6-33-23/h7-10,14,17,22-23H,3-6,11-13H2,1-2H3,(H,28,29)/t17-,22+,23?/m0/s1. The summed E-state index contributed by atoms with van der Waals surface area (Å²) < 4.78 is 52.1. The van der Waals surface area contributed by atoms with Crippen LogP contribution in [0.4, 0.5) is 26.0 Å². The van der Waals surface area contributed by atoms with Crippen molar-refractivity contribution in [2.75, 3.05) is 36.6 Å². The number of amides is 1. The number of halogens is 2. The molecule has 1 amide bonds. The predicted octanol–water partition coefficient (Wildman–Crippen LogP) is 4.01. The third-order valence-electron chi connectivity index (χ3n) is 6.32. The molecule has 10 heteroatoms. The molecule has 2 saturated heterocycles. The number of anilines is 3. The van der Waals surface area contributed by atoms with Crippen molar-refractivity contribution in [1.29, 1.82) is 0 Å². The fourth-order valence-corrected chi connectivity index (χ4v) is 4.70. The molecule has 5 rings (SSSR count). The van der Waals surface area contributed by atoms with Crippen molar-refractivity contribution in [2.45, 2.75) is 57.6 Å². The number of ether oxygens (including phenoxy) is 4. The molecule has 3 aliphatic heterocycles. The van der Waals surface area contributed by atoms with Gasteiger partial charge in [0.05, 0.1) is 62.8 Å². The third kappa shape index (κ3) is 5.16. The number of hydrogen-bond acceptors (Lipinski definition) is 7. The highest BCUT2D eigenvalue weighted by Gasteiger charge is 2.35. The molecule has 1 N–H and O–H groups in total. The molecule has 188 valence electrons. The second-order valence-electron chi connectivity index (χ2n) is 9.24. The topological polar surface area (TPSA) is 82.2 Å². The van der Waals surface area contributed by atoms with Crippen LogP contribution >= 0.6 is 0 Å². The fourth-order valence-electron chi connectivity index (χ4n) is 4.70. The van der Waals surface area contributed by atoms with E-state index in [2.05, 4.69) is 10.3 Å². The van der Waals surface area contributed by atoms with E-state index >= 15 is 4.39 Å². The van der Waals surface area contributed by atoms with Crippen molar-refractivity contribution in [3.05, 3.63) is 47.2 Å². The Hall–Kier alpha value is -2.66. The lowest BCUT2D eigenvalue weighted by Gasteiger charge is -2.33. The van der Waals surface area contributed by atoms with Crippen LogP contribution in [0, 0.1) is 11.6 Å². The molecule has 8 nitrogen and oxygen atoms in total. The molecular formula is C25H29F2N3O5. The highest BCUT2D eigenvalue weighted by molar-refractivity contribution is 6.01. The Bertz CT molecular complexity index is 1090. The van der Waals surface area contributed by atoms with Gasteiger partial charge in [-0.1, -0.05) is 0 Å². The zero-order chi connectivity index (χ0) is 24.5. The molecule has 3 atom stereocenters. The van der Waals surface area contributed by atoms with Gasteiger partial charge in [-0.3, -0.25) is 4.79 Å². The average molecular weight is 490 g/mol. The van der Waals surface area contributed by atoms with Gasteiger partial charge in [0.1, 0.15) is 29.7 Å². The lowest BCUT2D eigenvalue weighted by molar-refractivity contribution is -0.143. The van der Waals surface area contributed by atoms with Gasteiger partial charge in [0.25, 0.3) is 5.91 Å². The second kappa shape index (κ2) is 10.1. The summed E-state index contributed by atoms with van der Waals surface area (Å²) in [5.41, 5.74) is 1.57. The van der Waals surface area contributed by atoms with Crippen LogP contribution in [0.2, 0.25) is 0 Å². The molecule has 0 aliphatic carbocycles. The molecule has 35 heavy (non-hydrogen) atoms. The minimum atomic E-state index is -0.694. The molecule has 2 aromatic rings. The maximum Gasteiger partial charge on any atom is 0.256 e. The number of rotatable bonds is 4. The normalized spacial score (nSPS) is 24.4. The van der Waals surface area contributed by atoms with Gasteiger partial charge >= 0.3 is 0 Å². The van der Waals surface area contributed by atoms with E-state index in [0.29, 0.717) is 61.0 Å². The molecule has 1 unspecified atom stereocenters. The van der Waals surface area contributed by atoms with Crippen molar-refractivity contribution in [1.82, 2.24) is 4.98 Å². The quantitative estimate of drug-likeness (QED) is 0.695. The number of aromatic nitrogens is 1. The van der Waals surface area contributed by atoms with E-state index in [1.807, 2.05) is 13.8 Å². The highest BCUT2D eigenvalue weighted by Crippen LogP contribution is 2.40. The summed E-state index contributed by atoms with van der Waals surface area (Å²) in [7, 11) is 0. The first-order valence-electron chi connectivity index (χ1n) is 11.9. The Kier molecular flexibility index (Phi) is 6.97. The molecule has 0 bridgehead atoms. The molecular weight excluding hydrogens is 460 g/mol. The maximum absolute atomic E-state index is 15.2. The first-order chi connectivity index (χ1) is 16.9. The molecule has 0 spiro atoms. The SMILES string of the molecule is CC(C)O[C@H]1CC[C@H](C(=O)N2Cc3cc(F)cnc3Nc3cc(F)c(C4COCCO4)cc32)OC1. The van der Waals surface area contributed by atoms with E-state index in [9.17, 15) is 9.18 Å². The van der Waals surface area contributed by atoms with E-state index in [1.165, 1.54) is 17.0 Å². The first kappa shape index (κ1) is 24.1. The van der Waals surface area contributed by atoms with E-state index in [1.54, 1.807) is 6.07 Å². The van der Waals surface area contributed by atoms with Crippen LogP contribution in [0.1, 0.15) is 43.9 Å². The summed E-state index contributed by atoms with van der Waals surface area (Å²) in [5, 5.41) is 3.07. The van der Waals surface area contributed by atoms with Crippen LogP contribution < -0.4 is 10.2 Å². The number of fused-ring (bicyclic) bond motifs is 2. The monoisotopic (exact) mass is 489 g/mol. The van der Waals surface area contributed by atoms with Crippen molar-refractivity contribution < 1.29 is 32.5 Å². The highest BCUT2D eigenvalue weighted by atomic mass is 19.1. The van der Waals surface area contributed by atoms with Gasteiger partial charge in [0.15, 0.2) is 0 Å². The van der Waals surface area contributed by atoms with Gasteiger partial charge in [-0.05, 0) is 44.9 Å². The van der Waals surface area contributed by atoms with E-state index in [4.69, 9.17) is 18.9 Å². The molecule has 4 heterocycles. The van der Waals surface area contributed by atoms with Crippen LogP contribution in [0.25, 0.3) is 0 Å². The summed E-state index contributed by atoms with van der Waals surface area (Å²) in [4.78, 5) is 19.4. The van der Waals surface area contributed by atoms with Gasteiger partial charge in [-0.25, -0.2) is 13.8 Å². The van der Waals surface area contributed by atoms with Crippen LogP contribution in [0.3, 0.4) is 0 Å². The van der Waals surface area contributed by atoms with Gasteiger partial charge in [-0.2, -0.15) is 0 Å². The van der Waals surface area contributed by atoms with E-state index in [0.717, 1.165) is 6.20 Å². The largest absolute Gasteiger partial charge is 0.376 e. The second-order valence-corrected chi connectivity index (χ2v) is 9.24. The number of pyridine rings is 1. The number of nitrogens with zero attached hydrogens (tertiary/aromatic N) is 2. The number of benzene rings is 1. The summed E-state index contributed by atoms with van der Waals surface area (Å²) in [5.74, 6) is -0.938. The summed E-state index contributed by atoms with van der Waals surface area (Å²) in [6.45, 7) is 5.29. The number of hydrogen-bond donors (Lipinski definition) is 1. The maximum atomic E-state index is 15.2. The molecule has 3 aliphatic rings. The van der Waals surface area contributed by atoms with Gasteiger partial charge in [0.2, 0.25) is 0 Å². The Labute approximate surface area is 202 Å². The van der Waals surface area contributed by atoms with Gasteiger partial charge in [-0.15, -0.1) is 0 Å². The van der Waals surface area contributed by atoms with E-state index < -0.39 is 23.8 Å². The van der Waals surface area contributed by atoms with Crippen LogP contribution in [0.15, 0.2) is 24.4 Å². The average Bonchev–Trinajstić information content (AvgIpc) is 2.99. The molecule has 1 aromatic heterocycles. The van der Waals surface area contributed by atoms with Crippen molar-refractivity contribution in [3.63, 3.8) is 0 Å². The third-order valence-corrected chi connectivity index (χ3v) is 6.32. The van der Waals surface area contributed by atoms with Crippen molar-refractivity contribution in [2.24, 2.45) is 0 Å². The zero-order valence-electron chi connectivity index (χ0n) is 19.8. The smallest absolute Gasteiger partial charge is 0.256 e. The lowest BCUT2D eigenvalue weighted by Crippen LogP contribution is -2.44. The van der Waals surface area contributed by atoms with Gasteiger partial charge in [0, 0.05) is 11.1 Å². The van der Waals surface area contributed by atoms with Crippen molar-refractivity contribution in [3.8, 4) is 0 Å². The predicted molar refractivity (Wildman–Crippen MR) is 124 cm³/mol. The summed E-state index contributed by atoms with van der Waals surface area (Å²) >= 11 is 0. The lowest BCUT2D eigenvalue weighted by atomic mass is 10.0. The number of carbonyl (C=O) groups is 1. The number of carbonyl (C=O) groups excluding carboxylic acids is 1. The molecule has 0 saturated carbocycles. The molecule has 1 aromatic carbocycles. The Morgan fingerprint density at radius 3 is 2.74 bits per heavy atom. The Morgan fingerprint density at radius 2 is 2.03 bits per heavy atom. The van der Waals surface area contributed by atoms with E-state index in [-0.39, 0.29) is 31.3 Å². The Morgan fingerprint density at radius 1 is 1.17 bits per heavy atom. The summed E-state index contributed by atoms with van der Waals surface area (Å²) in [6.07, 6.45) is 0.963. The minimum Gasteiger partial charge on any atom is -0.376 e.